The van der Waals surface area contributed by atoms with E-state index in [0.29, 0.717) is 54.7 Å². The number of carbonyl (C=O) groups excluding carboxylic acids is 2. The number of primary amides is 1. The van der Waals surface area contributed by atoms with Gasteiger partial charge in [0.05, 0.1) is 0 Å². The lowest BCUT2D eigenvalue weighted by atomic mass is 9.96. The molecule has 7 nitrogen and oxygen atoms in total. The highest BCUT2D eigenvalue weighted by Gasteiger charge is 2.26. The number of likely N-dealkylation sites (tertiary alicyclic amines) is 1. The molecule has 31 heavy (non-hydrogen) atoms. The molecule has 0 spiro atoms. The van der Waals surface area contributed by atoms with Crippen molar-refractivity contribution in [2.45, 2.75) is 26.2 Å². The fourth-order valence-electron chi connectivity index (χ4n) is 3.62. The average molecular weight is 437 g/mol. The largest absolute Gasteiger partial charge is 0.430 e. The van der Waals surface area contributed by atoms with Gasteiger partial charge < -0.3 is 15.4 Å². The zero-order valence-corrected chi connectivity index (χ0v) is 18.1. The quantitative estimate of drug-likeness (QED) is 0.637. The summed E-state index contributed by atoms with van der Waals surface area (Å²) in [7, 11) is 0. The molecule has 2 N–H and O–H groups in total. The Bertz CT molecular complexity index is 1080. The molecule has 2 aromatic carbocycles. The first-order valence-corrected chi connectivity index (χ1v) is 11.0. The van der Waals surface area contributed by atoms with Gasteiger partial charge in [0.15, 0.2) is 5.82 Å². The van der Waals surface area contributed by atoms with Gasteiger partial charge in [-0.3, -0.25) is 9.59 Å². The number of nitrogens with zero attached hydrogens (tertiary/aromatic N) is 3. The number of rotatable bonds is 6. The van der Waals surface area contributed by atoms with Crippen molar-refractivity contribution in [3.63, 3.8) is 0 Å². The van der Waals surface area contributed by atoms with Crippen molar-refractivity contribution in [2.75, 3.05) is 13.1 Å². The highest BCUT2D eigenvalue weighted by molar-refractivity contribution is 7.07. The first kappa shape index (κ1) is 21.0. The summed E-state index contributed by atoms with van der Waals surface area (Å²) in [6.07, 6.45) is 1.84. The molecule has 1 aliphatic heterocycles. The van der Waals surface area contributed by atoms with Crippen LogP contribution in [0.5, 0.6) is 10.9 Å². The van der Waals surface area contributed by atoms with E-state index in [0.717, 1.165) is 11.1 Å². The Balaban J connectivity index is 1.44. The summed E-state index contributed by atoms with van der Waals surface area (Å²) in [4.78, 5) is 30.5. The van der Waals surface area contributed by atoms with E-state index in [4.69, 9.17) is 10.5 Å². The molecule has 3 aromatic rings. The van der Waals surface area contributed by atoms with Gasteiger partial charge in [-0.1, -0.05) is 36.4 Å². The first-order valence-electron chi connectivity index (χ1n) is 10.2. The standard InChI is InChI=1S/C23H24N4O3S/c1-15-7-8-18(22(29)27-11-9-17(10-12-27)21(24)28)14-19(15)30-23-25-20(26-31-23)13-16-5-3-2-4-6-16/h2-8,14,17H,9-13H2,1H3,(H2,24,28). The van der Waals surface area contributed by atoms with Crippen LogP contribution < -0.4 is 10.5 Å². The highest BCUT2D eigenvalue weighted by atomic mass is 32.1. The number of hydrogen-bond donors (Lipinski definition) is 1. The van der Waals surface area contributed by atoms with Crippen molar-refractivity contribution in [2.24, 2.45) is 11.7 Å². The van der Waals surface area contributed by atoms with Gasteiger partial charge in [0.1, 0.15) is 5.75 Å². The van der Waals surface area contributed by atoms with Gasteiger partial charge in [0.2, 0.25) is 5.91 Å². The maximum atomic E-state index is 12.9. The number of hydrogen-bond acceptors (Lipinski definition) is 6. The van der Waals surface area contributed by atoms with Crippen LogP contribution in [0, 0.1) is 12.8 Å². The number of piperidine rings is 1. The Morgan fingerprint density at radius 1 is 1.16 bits per heavy atom. The molecule has 0 bridgehead atoms. The molecule has 8 heteroatoms. The Morgan fingerprint density at radius 2 is 1.90 bits per heavy atom. The molecular weight excluding hydrogens is 412 g/mol. The van der Waals surface area contributed by atoms with Gasteiger partial charge in [0, 0.05) is 42.5 Å². The van der Waals surface area contributed by atoms with Crippen LogP contribution in [0.2, 0.25) is 0 Å². The van der Waals surface area contributed by atoms with Crippen LogP contribution in [-0.4, -0.2) is 39.2 Å². The van der Waals surface area contributed by atoms with Crippen molar-refractivity contribution in [1.29, 1.82) is 0 Å². The monoisotopic (exact) mass is 436 g/mol. The number of amides is 2. The first-order chi connectivity index (χ1) is 15.0. The second kappa shape index (κ2) is 9.26. The minimum atomic E-state index is -0.290. The predicted octanol–water partition coefficient (Wildman–Crippen LogP) is 3.57. The van der Waals surface area contributed by atoms with Gasteiger partial charge >= 0.3 is 0 Å². The number of nitrogens with two attached hydrogens (primary N) is 1. The second-order valence-corrected chi connectivity index (χ2v) is 8.40. The fraction of sp³-hybridized carbons (Fsp3) is 0.304. The van der Waals surface area contributed by atoms with E-state index in [1.165, 1.54) is 11.5 Å². The third kappa shape index (κ3) is 5.08. The molecule has 160 valence electrons. The van der Waals surface area contributed by atoms with E-state index in [1.54, 1.807) is 17.0 Å². The molecule has 0 atom stereocenters. The number of ether oxygens (including phenoxy) is 1. The van der Waals surface area contributed by atoms with E-state index in [9.17, 15) is 9.59 Å². The van der Waals surface area contributed by atoms with Gasteiger partial charge in [0.25, 0.3) is 11.1 Å². The molecule has 0 radical (unpaired) electrons. The molecular formula is C23H24N4O3S. The van der Waals surface area contributed by atoms with Crippen LogP contribution in [0.4, 0.5) is 0 Å². The number of aryl methyl sites for hydroxylation is 1. The van der Waals surface area contributed by atoms with Gasteiger partial charge in [-0.25, -0.2) is 0 Å². The number of benzene rings is 2. The molecule has 4 rings (SSSR count). The normalized spacial score (nSPS) is 14.4. The fourth-order valence-corrected chi connectivity index (χ4v) is 4.18. The minimum absolute atomic E-state index is 0.0743. The summed E-state index contributed by atoms with van der Waals surface area (Å²) in [5.41, 5.74) is 7.97. The van der Waals surface area contributed by atoms with Crippen LogP contribution in [0.3, 0.4) is 0 Å². The van der Waals surface area contributed by atoms with Crippen LogP contribution in [0.25, 0.3) is 0 Å². The van der Waals surface area contributed by atoms with Crippen molar-refractivity contribution >= 4 is 23.3 Å². The van der Waals surface area contributed by atoms with Crippen molar-refractivity contribution in [3.8, 4) is 10.9 Å². The molecule has 1 fully saturated rings. The molecule has 0 unspecified atom stereocenters. The van der Waals surface area contributed by atoms with E-state index in [2.05, 4.69) is 9.36 Å². The number of aromatic nitrogens is 2. The smallest absolute Gasteiger partial charge is 0.298 e. The summed E-state index contributed by atoms with van der Waals surface area (Å²) < 4.78 is 10.3. The topological polar surface area (TPSA) is 98.4 Å². The maximum absolute atomic E-state index is 12.9. The van der Waals surface area contributed by atoms with E-state index in [1.807, 2.05) is 43.3 Å². The van der Waals surface area contributed by atoms with Crippen molar-refractivity contribution in [3.05, 3.63) is 71.0 Å². The highest BCUT2D eigenvalue weighted by Crippen LogP contribution is 2.29. The summed E-state index contributed by atoms with van der Waals surface area (Å²) in [6.45, 7) is 2.97. The predicted molar refractivity (Wildman–Crippen MR) is 118 cm³/mol. The Hall–Kier alpha value is -3.26. The Kier molecular flexibility index (Phi) is 6.27. The summed E-state index contributed by atoms with van der Waals surface area (Å²) in [5, 5.41) is 0.445. The van der Waals surface area contributed by atoms with Gasteiger partial charge in [-0.05, 0) is 43.0 Å². The summed E-state index contributed by atoms with van der Waals surface area (Å²) in [6, 6.07) is 15.4. The van der Waals surface area contributed by atoms with Crippen LogP contribution in [0.1, 0.15) is 40.2 Å². The molecule has 1 aliphatic rings. The van der Waals surface area contributed by atoms with E-state index >= 15 is 0 Å². The lowest BCUT2D eigenvalue weighted by molar-refractivity contribution is -0.123. The maximum Gasteiger partial charge on any atom is 0.298 e. The Morgan fingerprint density at radius 3 is 2.61 bits per heavy atom. The molecule has 1 saturated heterocycles. The lowest BCUT2D eigenvalue weighted by Crippen LogP contribution is -2.41. The van der Waals surface area contributed by atoms with E-state index < -0.39 is 0 Å². The summed E-state index contributed by atoms with van der Waals surface area (Å²) >= 11 is 1.20. The summed E-state index contributed by atoms with van der Waals surface area (Å²) in [5.74, 6) is 0.772. The SMILES string of the molecule is Cc1ccc(C(=O)N2CCC(C(N)=O)CC2)cc1Oc1nc(Cc2ccccc2)ns1. The van der Waals surface area contributed by atoms with E-state index in [-0.39, 0.29) is 17.7 Å². The minimum Gasteiger partial charge on any atom is -0.430 e. The van der Waals surface area contributed by atoms with Crippen LogP contribution in [0.15, 0.2) is 48.5 Å². The molecule has 2 heterocycles. The van der Waals surface area contributed by atoms with Gasteiger partial charge in [-0.15, -0.1) is 0 Å². The lowest BCUT2D eigenvalue weighted by Gasteiger charge is -2.30. The third-order valence-electron chi connectivity index (χ3n) is 5.47. The number of carbonyl (C=O) groups is 2. The van der Waals surface area contributed by atoms with Crippen molar-refractivity contribution in [1.82, 2.24) is 14.3 Å². The Labute approximate surface area is 185 Å². The zero-order valence-electron chi connectivity index (χ0n) is 17.3. The molecule has 0 saturated carbocycles. The van der Waals surface area contributed by atoms with Crippen molar-refractivity contribution < 1.29 is 14.3 Å². The van der Waals surface area contributed by atoms with Crippen LogP contribution in [-0.2, 0) is 11.2 Å². The molecule has 2 amide bonds. The zero-order chi connectivity index (χ0) is 21.8. The second-order valence-electron chi connectivity index (χ2n) is 7.69. The van der Waals surface area contributed by atoms with Crippen LogP contribution >= 0.6 is 11.5 Å². The molecule has 1 aromatic heterocycles. The third-order valence-corrected chi connectivity index (χ3v) is 6.10. The molecule has 0 aliphatic carbocycles. The van der Waals surface area contributed by atoms with Gasteiger partial charge in [-0.2, -0.15) is 9.36 Å². The average Bonchev–Trinajstić information content (AvgIpc) is 3.22.